The van der Waals surface area contributed by atoms with Crippen LogP contribution in [0.1, 0.15) is 47.1 Å². The van der Waals surface area contributed by atoms with Gasteiger partial charge < -0.3 is 15.6 Å². The molecule has 0 saturated heterocycles. The van der Waals surface area contributed by atoms with Gasteiger partial charge in [0.1, 0.15) is 5.52 Å². The number of aromatic nitrogens is 6. The monoisotopic (exact) mass is 529 g/mol. The van der Waals surface area contributed by atoms with Crippen LogP contribution >= 0.6 is 11.8 Å². The fourth-order valence-electron chi connectivity index (χ4n) is 3.31. The standard InChI is InChI=1S/C24H35N9O3S/c1-23(2,3)9-8-14-10-32(22(36)31-19(14)34)13-37-11-15(26-7)20(35)30-21-28-17(25)16-18(29-21)33(12-27-16)24(4,5)6/h8-10,12,15,26H,11,13H2,1-7H3,(H,31,34,36)(H3,25,28,29,30,35)/b9-8+. The lowest BCUT2D eigenvalue weighted by atomic mass is 9.96. The van der Waals surface area contributed by atoms with Crippen LogP contribution in [0.4, 0.5) is 11.8 Å². The number of imidazole rings is 1. The van der Waals surface area contributed by atoms with Crippen molar-refractivity contribution in [1.82, 2.24) is 34.4 Å². The molecule has 1 amide bonds. The van der Waals surface area contributed by atoms with Gasteiger partial charge in [-0.05, 0) is 33.2 Å². The second kappa shape index (κ2) is 10.9. The molecule has 37 heavy (non-hydrogen) atoms. The SMILES string of the molecule is CNC(CSCn1cc(/C=C/C(C)(C)C)c(=O)[nH]c1=O)C(=O)Nc1nc(N)c2ncn(C(C)(C)C)c2n1. The van der Waals surface area contributed by atoms with Crippen LogP contribution in [0, 0.1) is 5.41 Å². The second-order valence-corrected chi connectivity index (χ2v) is 11.7. The number of amides is 1. The summed E-state index contributed by atoms with van der Waals surface area (Å²) < 4.78 is 3.28. The van der Waals surface area contributed by atoms with E-state index in [1.807, 2.05) is 52.2 Å². The van der Waals surface area contributed by atoms with Crippen molar-refractivity contribution in [2.45, 2.75) is 59.0 Å². The normalized spacial score (nSPS) is 13.4. The van der Waals surface area contributed by atoms with Gasteiger partial charge in [0.2, 0.25) is 11.9 Å². The molecule has 0 aliphatic carbocycles. The molecule has 12 nitrogen and oxygen atoms in total. The molecular weight excluding hydrogens is 494 g/mol. The summed E-state index contributed by atoms with van der Waals surface area (Å²) in [5.41, 5.74) is 6.10. The lowest BCUT2D eigenvalue weighted by Gasteiger charge is -2.21. The summed E-state index contributed by atoms with van der Waals surface area (Å²) in [6.45, 7) is 12.1. The number of nitrogen functional groups attached to an aromatic ring is 1. The molecule has 200 valence electrons. The Morgan fingerprint density at radius 2 is 1.92 bits per heavy atom. The zero-order chi connectivity index (χ0) is 27.5. The zero-order valence-electron chi connectivity index (χ0n) is 22.2. The molecule has 0 aliphatic rings. The van der Waals surface area contributed by atoms with E-state index in [2.05, 4.69) is 30.6 Å². The Morgan fingerprint density at radius 1 is 1.22 bits per heavy atom. The highest BCUT2D eigenvalue weighted by Gasteiger charge is 2.22. The van der Waals surface area contributed by atoms with Crippen LogP contribution in [0.5, 0.6) is 0 Å². The summed E-state index contributed by atoms with van der Waals surface area (Å²) in [6.07, 6.45) is 6.78. The molecule has 0 spiro atoms. The van der Waals surface area contributed by atoms with Gasteiger partial charge in [0.25, 0.3) is 5.56 Å². The molecule has 0 aliphatic heterocycles. The maximum Gasteiger partial charge on any atom is 0.329 e. The predicted molar refractivity (Wildman–Crippen MR) is 148 cm³/mol. The smallest absolute Gasteiger partial charge is 0.329 e. The number of fused-ring (bicyclic) bond motifs is 1. The molecule has 13 heteroatoms. The first kappa shape index (κ1) is 28.1. The highest BCUT2D eigenvalue weighted by atomic mass is 32.2. The van der Waals surface area contributed by atoms with Crippen LogP contribution in [0.2, 0.25) is 0 Å². The fourth-order valence-corrected chi connectivity index (χ4v) is 4.35. The van der Waals surface area contributed by atoms with Crippen molar-refractivity contribution in [1.29, 1.82) is 0 Å². The van der Waals surface area contributed by atoms with E-state index in [4.69, 9.17) is 5.73 Å². The lowest BCUT2D eigenvalue weighted by molar-refractivity contribution is -0.117. The van der Waals surface area contributed by atoms with Gasteiger partial charge in [-0.2, -0.15) is 9.97 Å². The van der Waals surface area contributed by atoms with Gasteiger partial charge >= 0.3 is 5.69 Å². The van der Waals surface area contributed by atoms with Crippen LogP contribution in [-0.4, -0.2) is 53.8 Å². The van der Waals surface area contributed by atoms with E-state index in [-0.39, 0.29) is 34.5 Å². The van der Waals surface area contributed by atoms with Gasteiger partial charge in [-0.1, -0.05) is 32.9 Å². The number of nitrogens with two attached hydrogens (primary N) is 1. The number of H-pyrrole nitrogens is 1. The number of hydrogen-bond donors (Lipinski definition) is 4. The van der Waals surface area contributed by atoms with Crippen molar-refractivity contribution in [3.05, 3.63) is 45.0 Å². The van der Waals surface area contributed by atoms with E-state index in [1.165, 1.54) is 22.5 Å². The Bertz CT molecular complexity index is 1420. The Kier molecular flexibility index (Phi) is 8.28. The van der Waals surface area contributed by atoms with Crippen LogP contribution in [0.15, 0.2) is 28.2 Å². The number of nitrogens with one attached hydrogen (secondary N) is 3. The number of carbonyl (C=O) groups excluding carboxylic acids is 1. The second-order valence-electron chi connectivity index (χ2n) is 10.7. The van der Waals surface area contributed by atoms with Crippen molar-refractivity contribution in [2.75, 3.05) is 23.9 Å². The third-order valence-corrected chi connectivity index (χ3v) is 6.39. The number of likely N-dealkylation sites (N-methyl/N-ethyl adjacent to an activating group) is 1. The van der Waals surface area contributed by atoms with E-state index in [0.29, 0.717) is 22.5 Å². The van der Waals surface area contributed by atoms with Gasteiger partial charge in [-0.3, -0.25) is 24.5 Å². The zero-order valence-corrected chi connectivity index (χ0v) is 23.1. The number of rotatable bonds is 8. The first-order chi connectivity index (χ1) is 17.2. The van der Waals surface area contributed by atoms with E-state index >= 15 is 0 Å². The minimum absolute atomic E-state index is 0.0818. The molecule has 3 aromatic rings. The van der Waals surface area contributed by atoms with Crippen molar-refractivity contribution < 1.29 is 4.79 Å². The van der Waals surface area contributed by atoms with Crippen molar-refractivity contribution in [2.24, 2.45) is 5.41 Å². The Balaban J connectivity index is 1.70. The number of carbonyl (C=O) groups is 1. The average molecular weight is 530 g/mol. The summed E-state index contributed by atoms with van der Waals surface area (Å²) >= 11 is 1.36. The molecule has 5 N–H and O–H groups in total. The minimum atomic E-state index is -0.600. The quantitative estimate of drug-likeness (QED) is 0.341. The summed E-state index contributed by atoms with van der Waals surface area (Å²) in [6, 6.07) is -0.600. The van der Waals surface area contributed by atoms with Crippen molar-refractivity contribution in [3.8, 4) is 0 Å². The maximum absolute atomic E-state index is 12.9. The van der Waals surface area contributed by atoms with E-state index in [1.54, 1.807) is 19.5 Å². The third kappa shape index (κ3) is 7.07. The van der Waals surface area contributed by atoms with Gasteiger partial charge in [0.15, 0.2) is 11.5 Å². The highest BCUT2D eigenvalue weighted by molar-refractivity contribution is 7.98. The van der Waals surface area contributed by atoms with Crippen LogP contribution in [0.25, 0.3) is 17.2 Å². The average Bonchev–Trinajstić information content (AvgIpc) is 3.21. The molecule has 0 bridgehead atoms. The van der Waals surface area contributed by atoms with Crippen LogP contribution in [0.3, 0.4) is 0 Å². The number of thioether (sulfide) groups is 1. The Hall–Kier alpha value is -3.45. The van der Waals surface area contributed by atoms with E-state index in [9.17, 15) is 14.4 Å². The molecule has 0 saturated carbocycles. The van der Waals surface area contributed by atoms with Crippen molar-refractivity contribution in [3.63, 3.8) is 0 Å². The van der Waals surface area contributed by atoms with Crippen LogP contribution < -0.4 is 27.6 Å². The topological polar surface area (TPSA) is 166 Å². The number of anilines is 2. The molecule has 3 aromatic heterocycles. The van der Waals surface area contributed by atoms with Crippen LogP contribution in [-0.2, 0) is 16.2 Å². The molecule has 0 fully saturated rings. The number of aromatic amines is 1. The molecular formula is C24H35N9O3S. The minimum Gasteiger partial charge on any atom is -0.382 e. The summed E-state index contributed by atoms with van der Waals surface area (Å²) in [4.78, 5) is 52.7. The third-order valence-electron chi connectivity index (χ3n) is 5.36. The van der Waals surface area contributed by atoms with Gasteiger partial charge in [-0.25, -0.2) is 9.78 Å². The Labute approximate surface area is 219 Å². The first-order valence-electron chi connectivity index (χ1n) is 11.8. The van der Waals surface area contributed by atoms with Gasteiger partial charge in [0, 0.05) is 17.5 Å². The highest BCUT2D eigenvalue weighted by Crippen LogP contribution is 2.24. The maximum atomic E-state index is 12.9. The van der Waals surface area contributed by atoms with Crippen molar-refractivity contribution >= 4 is 46.7 Å². The summed E-state index contributed by atoms with van der Waals surface area (Å²) in [7, 11) is 1.67. The number of nitrogens with zero attached hydrogens (tertiary/aromatic N) is 5. The number of allylic oxidation sites excluding steroid dienone is 1. The molecule has 3 heterocycles. The molecule has 1 atom stereocenters. The van der Waals surface area contributed by atoms with Gasteiger partial charge in [-0.15, -0.1) is 11.8 Å². The predicted octanol–water partition coefficient (Wildman–Crippen LogP) is 1.99. The molecule has 0 radical (unpaired) electrons. The van der Waals surface area contributed by atoms with E-state index < -0.39 is 17.3 Å². The number of hydrogen-bond acceptors (Lipinski definition) is 9. The fraction of sp³-hybridized carbons (Fsp3) is 0.500. The molecule has 3 rings (SSSR count). The summed E-state index contributed by atoms with van der Waals surface area (Å²) in [5.74, 6) is 0.500. The first-order valence-corrected chi connectivity index (χ1v) is 12.9. The Morgan fingerprint density at radius 3 is 2.54 bits per heavy atom. The molecule has 0 aromatic carbocycles. The molecule has 1 unspecified atom stereocenters. The largest absolute Gasteiger partial charge is 0.382 e. The van der Waals surface area contributed by atoms with E-state index in [0.717, 1.165) is 0 Å². The lowest BCUT2D eigenvalue weighted by Crippen LogP contribution is -2.41. The van der Waals surface area contributed by atoms with Gasteiger partial charge in [0.05, 0.1) is 23.8 Å². The summed E-state index contributed by atoms with van der Waals surface area (Å²) in [5, 5.41) is 5.69.